The molecule has 1 amide bonds. The Morgan fingerprint density at radius 1 is 1.18 bits per heavy atom. The zero-order chi connectivity index (χ0) is 23.1. The van der Waals surface area contributed by atoms with Crippen molar-refractivity contribution in [1.82, 2.24) is 20.2 Å². The Bertz CT molecular complexity index is 1290. The number of halogens is 1. The van der Waals surface area contributed by atoms with Crippen LogP contribution in [-0.4, -0.2) is 54.0 Å². The highest BCUT2D eigenvalue weighted by atomic mass is 19.1. The molecular formula is C25H28FN5O2. The van der Waals surface area contributed by atoms with E-state index in [1.54, 1.807) is 12.1 Å². The molecule has 7 nitrogen and oxygen atoms in total. The third kappa shape index (κ3) is 3.99. The number of amides is 1. The van der Waals surface area contributed by atoms with Gasteiger partial charge in [-0.25, -0.2) is 4.98 Å². The number of pyridine rings is 2. The Balaban J connectivity index is 1.31. The van der Waals surface area contributed by atoms with Gasteiger partial charge < -0.3 is 15.2 Å². The van der Waals surface area contributed by atoms with Gasteiger partial charge in [0.15, 0.2) is 0 Å². The first-order valence-corrected chi connectivity index (χ1v) is 11.5. The number of nitrogens with one attached hydrogen (secondary N) is 2. The summed E-state index contributed by atoms with van der Waals surface area (Å²) in [5.41, 5.74) is 6.02. The molecule has 0 saturated carbocycles. The molecule has 2 aromatic heterocycles. The van der Waals surface area contributed by atoms with Crippen LogP contribution in [0, 0.1) is 12.9 Å². The lowest BCUT2D eigenvalue weighted by atomic mass is 9.87. The molecule has 5 rings (SSSR count). The number of H-pyrrole nitrogens is 1. The van der Waals surface area contributed by atoms with E-state index in [0.717, 1.165) is 50.0 Å². The number of aromatic amines is 1. The van der Waals surface area contributed by atoms with Gasteiger partial charge >= 0.3 is 0 Å². The van der Waals surface area contributed by atoms with E-state index in [1.807, 2.05) is 11.8 Å². The average Bonchev–Trinajstić information content (AvgIpc) is 2.82. The topological polar surface area (TPSA) is 81.3 Å². The van der Waals surface area contributed by atoms with Gasteiger partial charge in [0, 0.05) is 56.2 Å². The number of piperazine rings is 1. The normalized spacial score (nSPS) is 16.3. The highest BCUT2D eigenvalue weighted by Crippen LogP contribution is 2.31. The molecule has 1 fully saturated rings. The molecular weight excluding hydrogens is 421 g/mol. The van der Waals surface area contributed by atoms with E-state index in [-0.39, 0.29) is 11.3 Å². The van der Waals surface area contributed by atoms with Crippen LogP contribution in [0.25, 0.3) is 10.9 Å². The van der Waals surface area contributed by atoms with Gasteiger partial charge in [0.1, 0.15) is 5.69 Å². The first-order chi connectivity index (χ1) is 15.9. The summed E-state index contributed by atoms with van der Waals surface area (Å²) in [5, 5.41) is 3.69. The Morgan fingerprint density at radius 2 is 1.97 bits per heavy atom. The molecule has 1 aliphatic carbocycles. The van der Waals surface area contributed by atoms with Crippen molar-refractivity contribution >= 4 is 22.5 Å². The highest BCUT2D eigenvalue weighted by molar-refractivity contribution is 5.92. The second kappa shape index (κ2) is 8.59. The fourth-order valence-corrected chi connectivity index (χ4v) is 5.14. The molecule has 1 aromatic carbocycles. The number of nitrogens with zero attached hydrogens (tertiary/aromatic N) is 3. The predicted molar refractivity (Wildman–Crippen MR) is 126 cm³/mol. The van der Waals surface area contributed by atoms with E-state index >= 15 is 0 Å². The molecule has 0 unspecified atom stereocenters. The summed E-state index contributed by atoms with van der Waals surface area (Å²) in [6.07, 6.45) is 3.08. The number of carbonyl (C=O) groups is 1. The van der Waals surface area contributed by atoms with E-state index in [4.69, 9.17) is 0 Å². The molecule has 8 heteroatoms. The van der Waals surface area contributed by atoms with Crippen molar-refractivity contribution < 1.29 is 9.18 Å². The smallest absolute Gasteiger partial charge is 0.269 e. The minimum absolute atomic E-state index is 0.00851. The number of aryl methyl sites for hydroxylation is 2. The minimum atomic E-state index is -0.617. The van der Waals surface area contributed by atoms with Gasteiger partial charge in [0.25, 0.3) is 11.5 Å². The zero-order valence-electron chi connectivity index (χ0n) is 19.0. The van der Waals surface area contributed by atoms with E-state index in [9.17, 15) is 14.0 Å². The number of hydrogen-bond donors (Lipinski definition) is 2. The fraction of sp³-hybridized carbons (Fsp3) is 0.400. The quantitative estimate of drug-likeness (QED) is 0.599. The summed E-state index contributed by atoms with van der Waals surface area (Å²) in [7, 11) is 1.50. The zero-order valence-corrected chi connectivity index (χ0v) is 19.0. The lowest BCUT2D eigenvalue weighted by molar-refractivity contribution is 0.0957. The van der Waals surface area contributed by atoms with Gasteiger partial charge in [-0.15, -0.1) is 0 Å². The summed E-state index contributed by atoms with van der Waals surface area (Å²) < 4.78 is 14.5. The molecule has 0 atom stereocenters. The molecule has 1 aliphatic heterocycles. The maximum atomic E-state index is 14.5. The van der Waals surface area contributed by atoms with Gasteiger partial charge in [-0.3, -0.25) is 14.5 Å². The molecule has 3 aromatic rings. The molecule has 0 bridgehead atoms. The van der Waals surface area contributed by atoms with Crippen molar-refractivity contribution in [3.05, 3.63) is 68.5 Å². The fourth-order valence-electron chi connectivity index (χ4n) is 5.14. The molecule has 1 saturated heterocycles. The Labute approximate surface area is 191 Å². The summed E-state index contributed by atoms with van der Waals surface area (Å²) in [4.78, 5) is 35.3. The standard InChI is InChI=1S/C25H28FN5O2/c1-15-18-5-3-4-17-12-16(13-20(22(17)18)29-24(15)32)14-30-8-10-31(11-9-30)21-7-6-19(25(33)27-2)28-23(21)26/h6-7,12-13H,3-5,8-11,14H2,1-2H3,(H,27,33)(H,29,32). The first-order valence-electron chi connectivity index (χ1n) is 11.5. The van der Waals surface area contributed by atoms with Crippen LogP contribution in [0.2, 0.25) is 0 Å². The molecule has 33 heavy (non-hydrogen) atoms. The number of benzene rings is 1. The summed E-state index contributed by atoms with van der Waals surface area (Å²) >= 11 is 0. The lowest BCUT2D eigenvalue weighted by Gasteiger charge is -2.36. The maximum absolute atomic E-state index is 14.5. The van der Waals surface area contributed by atoms with Crippen molar-refractivity contribution in [3.8, 4) is 0 Å². The molecule has 2 aliphatic rings. The van der Waals surface area contributed by atoms with Crippen LogP contribution in [0.15, 0.2) is 29.1 Å². The van der Waals surface area contributed by atoms with E-state index in [2.05, 4.69) is 32.3 Å². The van der Waals surface area contributed by atoms with Crippen molar-refractivity contribution in [3.63, 3.8) is 0 Å². The van der Waals surface area contributed by atoms with E-state index in [0.29, 0.717) is 18.8 Å². The maximum Gasteiger partial charge on any atom is 0.269 e. The molecule has 0 spiro atoms. The van der Waals surface area contributed by atoms with Crippen molar-refractivity contribution in [2.45, 2.75) is 32.7 Å². The third-order valence-corrected chi connectivity index (χ3v) is 6.90. The van der Waals surface area contributed by atoms with Crippen molar-refractivity contribution in [1.29, 1.82) is 0 Å². The van der Waals surface area contributed by atoms with Crippen LogP contribution < -0.4 is 15.8 Å². The largest absolute Gasteiger partial charge is 0.365 e. The first kappa shape index (κ1) is 21.6. The van der Waals surface area contributed by atoms with Gasteiger partial charge in [0.2, 0.25) is 5.95 Å². The second-order valence-corrected chi connectivity index (χ2v) is 8.94. The number of carbonyl (C=O) groups excluding carboxylic acids is 1. The van der Waals surface area contributed by atoms with Crippen molar-refractivity contribution in [2.24, 2.45) is 0 Å². The van der Waals surface area contributed by atoms with Crippen LogP contribution in [0.1, 0.15) is 39.2 Å². The summed E-state index contributed by atoms with van der Waals surface area (Å²) in [6, 6.07) is 7.59. The number of rotatable bonds is 4. The van der Waals surface area contributed by atoms with Crippen LogP contribution in [0.4, 0.5) is 10.1 Å². The summed E-state index contributed by atoms with van der Waals surface area (Å²) in [5.74, 6) is -1.02. The van der Waals surface area contributed by atoms with Crippen LogP contribution in [0.3, 0.4) is 0 Å². The van der Waals surface area contributed by atoms with Gasteiger partial charge in [-0.1, -0.05) is 6.07 Å². The average molecular weight is 450 g/mol. The Hall–Kier alpha value is -3.26. The number of anilines is 1. The minimum Gasteiger partial charge on any atom is -0.365 e. The highest BCUT2D eigenvalue weighted by Gasteiger charge is 2.23. The monoisotopic (exact) mass is 449 g/mol. The van der Waals surface area contributed by atoms with Crippen LogP contribution in [0.5, 0.6) is 0 Å². The van der Waals surface area contributed by atoms with E-state index in [1.165, 1.54) is 29.1 Å². The van der Waals surface area contributed by atoms with Crippen LogP contribution in [-0.2, 0) is 19.4 Å². The predicted octanol–water partition coefficient (Wildman–Crippen LogP) is 2.54. The molecule has 2 N–H and O–H groups in total. The molecule has 0 radical (unpaired) electrons. The molecule has 3 heterocycles. The van der Waals surface area contributed by atoms with Gasteiger partial charge in [-0.05, 0) is 61.1 Å². The molecule has 172 valence electrons. The van der Waals surface area contributed by atoms with Gasteiger partial charge in [-0.2, -0.15) is 4.39 Å². The summed E-state index contributed by atoms with van der Waals surface area (Å²) in [6.45, 7) is 5.65. The van der Waals surface area contributed by atoms with Gasteiger partial charge in [0.05, 0.1) is 5.69 Å². The van der Waals surface area contributed by atoms with E-state index < -0.39 is 11.9 Å². The van der Waals surface area contributed by atoms with Crippen LogP contribution >= 0.6 is 0 Å². The SMILES string of the molecule is CNC(=O)c1ccc(N2CCN(Cc3cc4c5c(c(C)c(=O)[nH]c5c3)CCC4)CC2)c(F)n1. The number of aromatic nitrogens is 2. The Kier molecular flexibility index (Phi) is 5.62. The number of hydrogen-bond acceptors (Lipinski definition) is 5. The third-order valence-electron chi connectivity index (χ3n) is 6.90. The van der Waals surface area contributed by atoms with Crippen molar-refractivity contribution in [2.75, 3.05) is 38.1 Å². The second-order valence-electron chi connectivity index (χ2n) is 8.94. The Morgan fingerprint density at radius 3 is 2.70 bits per heavy atom. The lowest BCUT2D eigenvalue weighted by Crippen LogP contribution is -2.46.